The van der Waals surface area contributed by atoms with Crippen molar-refractivity contribution in [2.75, 3.05) is 28.0 Å². The number of nitrogens with zero attached hydrogens (tertiary/aromatic N) is 4. The van der Waals surface area contributed by atoms with E-state index in [1.807, 2.05) is 0 Å². The molecule has 2 fully saturated rings. The molecule has 0 aliphatic carbocycles. The van der Waals surface area contributed by atoms with Gasteiger partial charge in [0.05, 0.1) is 11.4 Å². The number of rotatable bonds is 5. The van der Waals surface area contributed by atoms with E-state index in [2.05, 4.69) is 15.3 Å². The maximum atomic E-state index is 13.9. The van der Waals surface area contributed by atoms with Gasteiger partial charge in [-0.25, -0.2) is 17.8 Å². The fourth-order valence-corrected chi connectivity index (χ4v) is 6.18. The zero-order valence-corrected chi connectivity index (χ0v) is 20.1. The Morgan fingerprint density at radius 3 is 2.75 bits per heavy atom. The van der Waals surface area contributed by atoms with E-state index in [-0.39, 0.29) is 41.8 Å². The van der Waals surface area contributed by atoms with Gasteiger partial charge in [0.15, 0.2) is 17.3 Å². The summed E-state index contributed by atoms with van der Waals surface area (Å²) < 4.78 is 40.6. The molecule has 10 nitrogen and oxygen atoms in total. The average molecular weight is 514 g/mol. The minimum Gasteiger partial charge on any atom is -0.504 e. The second-order valence-electron chi connectivity index (χ2n) is 8.73. The van der Waals surface area contributed by atoms with Crippen molar-refractivity contribution >= 4 is 44.2 Å². The van der Waals surface area contributed by atoms with E-state index in [9.17, 15) is 27.5 Å². The minimum atomic E-state index is -3.65. The van der Waals surface area contributed by atoms with Crippen molar-refractivity contribution in [2.24, 2.45) is 0 Å². The van der Waals surface area contributed by atoms with Gasteiger partial charge in [0.25, 0.3) is 5.91 Å². The van der Waals surface area contributed by atoms with Crippen molar-refractivity contribution < 1.29 is 27.5 Å². The lowest BCUT2D eigenvalue weighted by Gasteiger charge is -2.28. The molecule has 5 rings (SSSR count). The minimum absolute atomic E-state index is 0.0332. The number of hydrogen-bond donors (Lipinski definition) is 2. The zero-order chi connectivity index (χ0) is 25.4. The monoisotopic (exact) mass is 513 g/mol. The highest BCUT2D eigenvalue weighted by Gasteiger charge is 2.31. The van der Waals surface area contributed by atoms with E-state index in [1.54, 1.807) is 12.1 Å². The predicted octanol–water partition coefficient (Wildman–Crippen LogP) is 2.46. The molecule has 1 aromatic carbocycles. The largest absolute Gasteiger partial charge is 0.504 e. The number of pyridine rings is 2. The first-order chi connectivity index (χ1) is 17.3. The van der Waals surface area contributed by atoms with Gasteiger partial charge in [-0.15, -0.1) is 0 Å². The summed E-state index contributed by atoms with van der Waals surface area (Å²) in [5.74, 6) is -1.88. The Hall–Kier alpha value is -3.80. The third kappa shape index (κ3) is 4.32. The number of amides is 2. The highest BCUT2D eigenvalue weighted by molar-refractivity contribution is 7.92. The molecule has 2 aromatic heterocycles. The van der Waals surface area contributed by atoms with Crippen molar-refractivity contribution in [1.29, 1.82) is 0 Å². The molecule has 4 heterocycles. The quantitative estimate of drug-likeness (QED) is 0.536. The van der Waals surface area contributed by atoms with Gasteiger partial charge < -0.3 is 15.3 Å². The van der Waals surface area contributed by atoms with E-state index >= 15 is 0 Å². The molecule has 2 amide bonds. The maximum Gasteiger partial charge on any atom is 0.274 e. The van der Waals surface area contributed by atoms with Gasteiger partial charge in [-0.1, -0.05) is 6.07 Å². The van der Waals surface area contributed by atoms with Crippen LogP contribution in [0.1, 0.15) is 41.7 Å². The standard InChI is InChI=1S/C24H24FN5O5S/c25-16-8-7-15(18(13-16)29-10-4-6-19(29)31)14-27-24(33)21-22(32)20-17(5-3-9-26-20)23(28-21)30-11-1-2-12-36(30,34)35/h3,5,7-9,13,32H,1-2,4,6,10-12,14H2,(H,27,33). The van der Waals surface area contributed by atoms with E-state index in [0.717, 1.165) is 4.31 Å². The van der Waals surface area contributed by atoms with Gasteiger partial charge in [-0.05, 0) is 49.1 Å². The first-order valence-electron chi connectivity index (χ1n) is 11.6. The number of nitrogens with one attached hydrogen (secondary N) is 1. The Kier molecular flexibility index (Phi) is 6.20. The third-order valence-electron chi connectivity index (χ3n) is 6.37. The van der Waals surface area contributed by atoms with Gasteiger partial charge in [0, 0.05) is 37.6 Å². The highest BCUT2D eigenvalue weighted by atomic mass is 32.2. The van der Waals surface area contributed by atoms with Crippen LogP contribution in [0.15, 0.2) is 36.5 Å². The molecule has 3 aromatic rings. The van der Waals surface area contributed by atoms with Crippen molar-refractivity contribution in [3.8, 4) is 5.75 Å². The molecular formula is C24H24FN5O5S. The lowest BCUT2D eigenvalue weighted by Crippen LogP contribution is -2.39. The van der Waals surface area contributed by atoms with Crippen molar-refractivity contribution in [3.63, 3.8) is 0 Å². The molecule has 12 heteroatoms. The molecule has 2 aliphatic rings. The number of benzene rings is 1. The van der Waals surface area contributed by atoms with Gasteiger partial charge in [-0.3, -0.25) is 18.9 Å². The van der Waals surface area contributed by atoms with Crippen LogP contribution in [-0.4, -0.2) is 54.1 Å². The fourth-order valence-electron chi connectivity index (χ4n) is 4.58. The average Bonchev–Trinajstić information content (AvgIpc) is 3.29. The summed E-state index contributed by atoms with van der Waals surface area (Å²) in [6.07, 6.45) is 3.61. The molecule has 0 spiro atoms. The van der Waals surface area contributed by atoms with Crippen molar-refractivity contribution in [3.05, 3.63) is 53.6 Å². The zero-order valence-electron chi connectivity index (χ0n) is 19.3. The molecule has 188 valence electrons. The van der Waals surface area contributed by atoms with Crippen LogP contribution in [-0.2, 0) is 21.4 Å². The number of anilines is 2. The molecule has 0 atom stereocenters. The first-order valence-corrected chi connectivity index (χ1v) is 13.2. The lowest BCUT2D eigenvalue weighted by atomic mass is 10.1. The molecule has 0 radical (unpaired) electrons. The molecule has 0 bridgehead atoms. The van der Waals surface area contributed by atoms with Gasteiger partial charge in [0.1, 0.15) is 11.3 Å². The number of fused-ring (bicyclic) bond motifs is 1. The van der Waals surface area contributed by atoms with Gasteiger partial charge in [0.2, 0.25) is 15.9 Å². The van der Waals surface area contributed by atoms with E-state index in [0.29, 0.717) is 48.9 Å². The summed E-state index contributed by atoms with van der Waals surface area (Å²) in [5.41, 5.74) is 0.559. The second-order valence-corrected chi connectivity index (χ2v) is 10.7. The summed E-state index contributed by atoms with van der Waals surface area (Å²) in [6.45, 7) is 0.584. The summed E-state index contributed by atoms with van der Waals surface area (Å²) in [4.78, 5) is 35.3. The summed E-state index contributed by atoms with van der Waals surface area (Å²) in [6, 6.07) is 7.16. The Labute approximate surface area is 206 Å². The van der Waals surface area contributed by atoms with Crippen molar-refractivity contribution in [1.82, 2.24) is 15.3 Å². The number of aromatic nitrogens is 2. The second kappa shape index (κ2) is 9.34. The Morgan fingerprint density at radius 1 is 1.17 bits per heavy atom. The molecule has 2 aliphatic heterocycles. The normalized spacial score (nSPS) is 17.5. The maximum absolute atomic E-state index is 13.9. The number of hydrogen-bond acceptors (Lipinski definition) is 7. The summed E-state index contributed by atoms with van der Waals surface area (Å²) in [5, 5.41) is 13.8. The molecular weight excluding hydrogens is 489 g/mol. The summed E-state index contributed by atoms with van der Waals surface area (Å²) in [7, 11) is -3.65. The Balaban J connectivity index is 1.49. The Morgan fingerprint density at radius 2 is 2.00 bits per heavy atom. The lowest BCUT2D eigenvalue weighted by molar-refractivity contribution is -0.117. The summed E-state index contributed by atoms with van der Waals surface area (Å²) >= 11 is 0. The fraction of sp³-hybridized carbons (Fsp3) is 0.333. The third-order valence-corrected chi connectivity index (χ3v) is 8.20. The van der Waals surface area contributed by atoms with Gasteiger partial charge >= 0.3 is 0 Å². The number of aromatic hydroxyl groups is 1. The van der Waals surface area contributed by atoms with Crippen LogP contribution in [0.3, 0.4) is 0 Å². The molecule has 0 saturated carbocycles. The van der Waals surface area contributed by atoms with Crippen LogP contribution in [0.25, 0.3) is 10.9 Å². The number of carbonyl (C=O) groups is 2. The smallest absolute Gasteiger partial charge is 0.274 e. The topological polar surface area (TPSA) is 133 Å². The predicted molar refractivity (Wildman–Crippen MR) is 131 cm³/mol. The van der Waals surface area contributed by atoms with Crippen LogP contribution in [0.4, 0.5) is 15.9 Å². The highest BCUT2D eigenvalue weighted by Crippen LogP contribution is 2.35. The Bertz CT molecular complexity index is 1480. The van der Waals surface area contributed by atoms with E-state index in [1.165, 1.54) is 29.3 Å². The number of halogens is 1. The van der Waals surface area contributed by atoms with Crippen LogP contribution in [0.5, 0.6) is 5.75 Å². The van der Waals surface area contributed by atoms with Crippen LogP contribution < -0.4 is 14.5 Å². The molecule has 2 saturated heterocycles. The van der Waals surface area contributed by atoms with E-state index < -0.39 is 27.5 Å². The number of sulfonamides is 1. The van der Waals surface area contributed by atoms with Gasteiger partial charge in [-0.2, -0.15) is 0 Å². The number of carbonyl (C=O) groups excluding carboxylic acids is 2. The van der Waals surface area contributed by atoms with Crippen LogP contribution in [0, 0.1) is 5.82 Å². The van der Waals surface area contributed by atoms with E-state index in [4.69, 9.17) is 0 Å². The van der Waals surface area contributed by atoms with Crippen molar-refractivity contribution in [2.45, 2.75) is 32.2 Å². The molecule has 36 heavy (non-hydrogen) atoms. The molecule has 2 N–H and O–H groups in total. The van der Waals surface area contributed by atoms with Crippen LogP contribution in [0.2, 0.25) is 0 Å². The first kappa shape index (κ1) is 23.9. The molecule has 0 unspecified atom stereocenters. The SMILES string of the molecule is O=C(NCc1ccc(F)cc1N1CCCC1=O)c1nc(N2CCCCS2(=O)=O)c2cccnc2c1O. The van der Waals surface area contributed by atoms with Crippen LogP contribution >= 0.6 is 0 Å².